The Morgan fingerprint density at radius 3 is 2.87 bits per heavy atom. The van der Waals surface area contributed by atoms with Crippen LogP contribution in [-0.4, -0.2) is 13.1 Å². The molecule has 1 rings (SSSR count). The minimum atomic E-state index is -0.472. The molecule has 0 heterocycles. The molecule has 0 spiro atoms. The Kier molecular flexibility index (Phi) is 3.87. The molecular weight excluding hydrogens is 190 g/mol. The summed E-state index contributed by atoms with van der Waals surface area (Å²) in [7, 11) is 1.34. The fourth-order valence-electron chi connectivity index (χ4n) is 1.46. The molecule has 1 unspecified atom stereocenters. The van der Waals surface area contributed by atoms with E-state index >= 15 is 0 Å². The van der Waals surface area contributed by atoms with E-state index in [9.17, 15) is 4.79 Å². The van der Waals surface area contributed by atoms with E-state index in [-0.39, 0.29) is 12.4 Å². The molecule has 0 aliphatic carbocycles. The van der Waals surface area contributed by atoms with E-state index in [2.05, 4.69) is 4.74 Å². The molecule has 0 saturated heterocycles. The summed E-state index contributed by atoms with van der Waals surface area (Å²) in [4.78, 5) is 11.4. The molecule has 0 fully saturated rings. The second-order valence-electron chi connectivity index (χ2n) is 3.35. The van der Waals surface area contributed by atoms with Crippen molar-refractivity contribution in [2.24, 2.45) is 0 Å². The van der Waals surface area contributed by atoms with Gasteiger partial charge in [0.25, 0.3) is 0 Å². The van der Waals surface area contributed by atoms with Gasteiger partial charge in [0, 0.05) is 0 Å². The van der Waals surface area contributed by atoms with E-state index in [1.165, 1.54) is 7.11 Å². The first-order valence-electron chi connectivity index (χ1n) is 4.70. The van der Waals surface area contributed by atoms with Gasteiger partial charge in [-0.3, -0.25) is 4.79 Å². The van der Waals surface area contributed by atoms with Crippen molar-refractivity contribution in [3.63, 3.8) is 0 Å². The first-order valence-corrected chi connectivity index (χ1v) is 4.70. The number of hydrogen-bond donors (Lipinski definition) is 0. The Balaban J connectivity index is 2.99. The van der Waals surface area contributed by atoms with Crippen LogP contribution in [0.1, 0.15) is 23.5 Å². The second kappa shape index (κ2) is 5.16. The lowest BCUT2D eigenvalue weighted by molar-refractivity contribution is -0.142. The van der Waals surface area contributed by atoms with Gasteiger partial charge in [0.15, 0.2) is 0 Å². The van der Waals surface area contributed by atoms with Gasteiger partial charge in [-0.15, -0.1) is 0 Å². The average molecular weight is 203 g/mol. The molecule has 0 aromatic heterocycles. The summed E-state index contributed by atoms with van der Waals surface area (Å²) in [6.07, 6.45) is 0.149. The summed E-state index contributed by atoms with van der Waals surface area (Å²) in [5.74, 6) is -0.831. The number of aryl methyl sites for hydroxylation is 1. The van der Waals surface area contributed by atoms with E-state index in [0.717, 1.165) is 11.1 Å². The van der Waals surface area contributed by atoms with E-state index in [0.29, 0.717) is 0 Å². The summed E-state index contributed by atoms with van der Waals surface area (Å²) in [5, 5.41) is 8.65. The summed E-state index contributed by atoms with van der Waals surface area (Å²) < 4.78 is 4.67. The highest BCUT2D eigenvalue weighted by atomic mass is 16.5. The number of carbonyl (C=O) groups excluding carboxylic acids is 1. The fourth-order valence-corrected chi connectivity index (χ4v) is 1.46. The van der Waals surface area contributed by atoms with Gasteiger partial charge in [0.1, 0.15) is 0 Å². The van der Waals surface area contributed by atoms with Gasteiger partial charge >= 0.3 is 5.97 Å². The summed E-state index contributed by atoms with van der Waals surface area (Å²) in [5.41, 5.74) is 1.91. The minimum absolute atomic E-state index is 0.149. The number of rotatable bonds is 3. The van der Waals surface area contributed by atoms with Crippen LogP contribution in [0.25, 0.3) is 0 Å². The van der Waals surface area contributed by atoms with Crippen molar-refractivity contribution in [2.45, 2.75) is 19.3 Å². The molecule has 15 heavy (non-hydrogen) atoms. The number of nitriles is 1. The molecule has 0 amide bonds. The van der Waals surface area contributed by atoms with E-state index in [1.807, 2.05) is 37.3 Å². The van der Waals surface area contributed by atoms with Crippen molar-refractivity contribution in [2.75, 3.05) is 7.11 Å². The maximum Gasteiger partial charge on any atom is 0.314 e. The highest BCUT2D eigenvalue weighted by Crippen LogP contribution is 2.21. The van der Waals surface area contributed by atoms with Gasteiger partial charge in [-0.25, -0.2) is 0 Å². The molecule has 3 heteroatoms. The first-order chi connectivity index (χ1) is 7.19. The Hall–Kier alpha value is -1.82. The molecule has 3 nitrogen and oxygen atoms in total. The van der Waals surface area contributed by atoms with Gasteiger partial charge in [0.05, 0.1) is 25.5 Å². The second-order valence-corrected chi connectivity index (χ2v) is 3.35. The molecule has 1 aromatic rings. The number of ether oxygens (including phenoxy) is 1. The molecule has 0 radical (unpaired) electrons. The lowest BCUT2D eigenvalue weighted by Crippen LogP contribution is -2.13. The predicted molar refractivity (Wildman–Crippen MR) is 56.2 cm³/mol. The molecule has 0 bridgehead atoms. The van der Waals surface area contributed by atoms with Gasteiger partial charge in [-0.1, -0.05) is 29.8 Å². The predicted octanol–water partition coefficient (Wildman–Crippen LogP) is 2.17. The standard InChI is InChI=1S/C12H13NO2/c1-9-4-3-5-10(8-9)11(6-7-13)12(14)15-2/h3-5,8,11H,6H2,1-2H3. The highest BCUT2D eigenvalue weighted by molar-refractivity contribution is 5.78. The summed E-state index contributed by atoms with van der Waals surface area (Å²) in [6, 6.07) is 9.56. The van der Waals surface area contributed by atoms with Crippen LogP contribution in [0.5, 0.6) is 0 Å². The van der Waals surface area contributed by atoms with Crippen molar-refractivity contribution in [3.05, 3.63) is 35.4 Å². The van der Waals surface area contributed by atoms with E-state index in [1.54, 1.807) is 0 Å². The Bertz CT molecular complexity index is 393. The number of methoxy groups -OCH3 is 1. The van der Waals surface area contributed by atoms with Crippen molar-refractivity contribution >= 4 is 5.97 Å². The molecule has 1 aromatic carbocycles. The maximum atomic E-state index is 11.4. The third-order valence-corrected chi connectivity index (χ3v) is 2.23. The number of esters is 1. The lowest BCUT2D eigenvalue weighted by atomic mass is 9.95. The first kappa shape index (κ1) is 11.3. The van der Waals surface area contributed by atoms with E-state index in [4.69, 9.17) is 5.26 Å². The zero-order chi connectivity index (χ0) is 11.3. The Morgan fingerprint density at radius 1 is 1.60 bits per heavy atom. The molecule has 0 aliphatic rings. The van der Waals surface area contributed by atoms with Crippen molar-refractivity contribution in [1.29, 1.82) is 5.26 Å². The van der Waals surface area contributed by atoms with Crippen LogP contribution in [0.2, 0.25) is 0 Å². The van der Waals surface area contributed by atoms with Crippen molar-refractivity contribution in [3.8, 4) is 6.07 Å². The average Bonchev–Trinajstić information content (AvgIpc) is 2.25. The molecule has 78 valence electrons. The van der Waals surface area contributed by atoms with E-state index < -0.39 is 5.92 Å². The fraction of sp³-hybridized carbons (Fsp3) is 0.333. The van der Waals surface area contributed by atoms with Gasteiger partial charge in [0.2, 0.25) is 0 Å². The third kappa shape index (κ3) is 2.81. The topological polar surface area (TPSA) is 50.1 Å². The minimum Gasteiger partial charge on any atom is -0.469 e. The largest absolute Gasteiger partial charge is 0.469 e. The van der Waals surface area contributed by atoms with Crippen LogP contribution >= 0.6 is 0 Å². The number of hydrogen-bond acceptors (Lipinski definition) is 3. The normalized spacial score (nSPS) is 11.5. The Labute approximate surface area is 89.3 Å². The lowest BCUT2D eigenvalue weighted by Gasteiger charge is -2.11. The molecule has 0 saturated carbocycles. The van der Waals surface area contributed by atoms with Crippen LogP contribution in [0.15, 0.2) is 24.3 Å². The van der Waals surface area contributed by atoms with Crippen LogP contribution < -0.4 is 0 Å². The van der Waals surface area contributed by atoms with Crippen molar-refractivity contribution < 1.29 is 9.53 Å². The van der Waals surface area contributed by atoms with Gasteiger partial charge in [-0.05, 0) is 12.5 Å². The SMILES string of the molecule is COC(=O)C(CC#N)c1cccc(C)c1. The zero-order valence-corrected chi connectivity index (χ0v) is 8.86. The van der Waals surface area contributed by atoms with Gasteiger partial charge < -0.3 is 4.74 Å². The molecular formula is C12H13NO2. The summed E-state index contributed by atoms with van der Waals surface area (Å²) >= 11 is 0. The third-order valence-electron chi connectivity index (χ3n) is 2.23. The highest BCUT2D eigenvalue weighted by Gasteiger charge is 2.20. The zero-order valence-electron chi connectivity index (χ0n) is 8.86. The van der Waals surface area contributed by atoms with Crippen LogP contribution in [0.4, 0.5) is 0 Å². The van der Waals surface area contributed by atoms with Crippen LogP contribution in [0.3, 0.4) is 0 Å². The van der Waals surface area contributed by atoms with Crippen LogP contribution in [-0.2, 0) is 9.53 Å². The quantitative estimate of drug-likeness (QED) is 0.707. The summed E-state index contributed by atoms with van der Waals surface area (Å²) in [6.45, 7) is 1.95. The monoisotopic (exact) mass is 203 g/mol. The Morgan fingerprint density at radius 2 is 2.33 bits per heavy atom. The van der Waals surface area contributed by atoms with Crippen molar-refractivity contribution in [1.82, 2.24) is 0 Å². The van der Waals surface area contributed by atoms with Gasteiger partial charge in [-0.2, -0.15) is 5.26 Å². The molecule has 0 N–H and O–H groups in total. The number of nitrogens with zero attached hydrogens (tertiary/aromatic N) is 1. The smallest absolute Gasteiger partial charge is 0.314 e. The number of benzene rings is 1. The number of carbonyl (C=O) groups is 1. The van der Waals surface area contributed by atoms with Crippen LogP contribution in [0, 0.1) is 18.3 Å². The maximum absolute atomic E-state index is 11.4. The molecule has 1 atom stereocenters. The molecule has 0 aliphatic heterocycles.